The Morgan fingerprint density at radius 2 is 1.92 bits per heavy atom. The van der Waals surface area contributed by atoms with Crippen molar-refractivity contribution < 1.29 is 14.1 Å². The smallest absolute Gasteiger partial charge is 0.325 e. The molecule has 1 fully saturated rings. The molecule has 0 radical (unpaired) electrons. The van der Waals surface area contributed by atoms with Crippen LogP contribution in [0.25, 0.3) is 10.8 Å². The summed E-state index contributed by atoms with van der Waals surface area (Å²) in [6.07, 6.45) is 0.622. The lowest BCUT2D eigenvalue weighted by Gasteiger charge is -2.23. The maximum atomic E-state index is 13.1. The van der Waals surface area contributed by atoms with E-state index in [1.165, 1.54) is 0 Å². The molecule has 0 bridgehead atoms. The lowest BCUT2D eigenvalue weighted by Crippen LogP contribution is -2.41. The van der Waals surface area contributed by atoms with Gasteiger partial charge in [0, 0.05) is 6.42 Å². The van der Waals surface area contributed by atoms with Crippen molar-refractivity contribution in [1.82, 2.24) is 20.4 Å². The average Bonchev–Trinajstić information content (AvgIpc) is 3.20. The van der Waals surface area contributed by atoms with E-state index in [4.69, 9.17) is 4.52 Å². The van der Waals surface area contributed by atoms with Gasteiger partial charge in [-0.05, 0) is 23.3 Å². The lowest BCUT2D eigenvalue weighted by molar-refractivity contribution is -0.131. The number of urea groups is 1. The summed E-state index contributed by atoms with van der Waals surface area (Å²) in [7, 11) is 0. The van der Waals surface area contributed by atoms with Gasteiger partial charge in [0.15, 0.2) is 5.82 Å². The first-order valence-electron chi connectivity index (χ1n) is 8.46. The fraction of sp³-hybridized carbons (Fsp3) is 0.263. The monoisotopic (exact) mass is 350 g/mol. The van der Waals surface area contributed by atoms with Crippen molar-refractivity contribution in [2.75, 3.05) is 0 Å². The SMILES string of the molecule is CCc1noc(CN2C(=O)NC(C)(c3cccc4ccccc34)C2=O)n1. The van der Waals surface area contributed by atoms with Crippen molar-refractivity contribution in [1.29, 1.82) is 0 Å². The van der Waals surface area contributed by atoms with Crippen LogP contribution in [0.1, 0.15) is 31.1 Å². The molecule has 3 amide bonds. The summed E-state index contributed by atoms with van der Waals surface area (Å²) in [6.45, 7) is 3.58. The standard InChI is InChI=1S/C19H18N4O3/c1-3-15-20-16(26-22-15)11-23-17(24)19(2,21-18(23)25)14-10-6-8-12-7-4-5-9-13(12)14/h4-10H,3,11H2,1-2H3,(H,21,25). The average molecular weight is 350 g/mol. The molecule has 2 heterocycles. The second kappa shape index (κ2) is 5.94. The third kappa shape index (κ3) is 2.44. The third-order valence-corrected chi connectivity index (χ3v) is 4.72. The van der Waals surface area contributed by atoms with Gasteiger partial charge in [-0.1, -0.05) is 54.5 Å². The molecule has 1 atom stereocenters. The molecule has 7 nitrogen and oxygen atoms in total. The first-order chi connectivity index (χ1) is 12.5. The molecule has 1 saturated heterocycles. The third-order valence-electron chi connectivity index (χ3n) is 4.72. The molecule has 0 aliphatic carbocycles. The first-order valence-corrected chi connectivity index (χ1v) is 8.46. The summed E-state index contributed by atoms with van der Waals surface area (Å²) >= 11 is 0. The number of amides is 3. The Hall–Kier alpha value is -3.22. The largest absolute Gasteiger partial charge is 0.337 e. The molecule has 1 unspecified atom stereocenters. The van der Waals surface area contributed by atoms with Crippen LogP contribution < -0.4 is 5.32 Å². The highest BCUT2D eigenvalue weighted by Crippen LogP contribution is 2.34. The summed E-state index contributed by atoms with van der Waals surface area (Å²) in [5, 5.41) is 8.57. The molecule has 1 aliphatic heterocycles. The van der Waals surface area contributed by atoms with E-state index in [1.807, 2.05) is 49.4 Å². The van der Waals surface area contributed by atoms with Crippen molar-refractivity contribution in [2.45, 2.75) is 32.4 Å². The predicted molar refractivity (Wildman–Crippen MR) is 94.1 cm³/mol. The van der Waals surface area contributed by atoms with Crippen LogP contribution in [0.2, 0.25) is 0 Å². The minimum absolute atomic E-state index is 0.0436. The number of nitrogens with one attached hydrogen (secondary N) is 1. The molecule has 0 saturated carbocycles. The van der Waals surface area contributed by atoms with Crippen LogP contribution in [0, 0.1) is 0 Å². The first kappa shape index (κ1) is 16.3. The molecule has 26 heavy (non-hydrogen) atoms. The number of carbonyl (C=O) groups excluding carboxylic acids is 2. The van der Waals surface area contributed by atoms with Crippen LogP contribution in [-0.2, 0) is 23.3 Å². The van der Waals surface area contributed by atoms with Crippen LogP contribution in [-0.4, -0.2) is 27.0 Å². The van der Waals surface area contributed by atoms with E-state index in [0.717, 1.165) is 21.2 Å². The summed E-state index contributed by atoms with van der Waals surface area (Å²) < 4.78 is 5.12. The van der Waals surface area contributed by atoms with Gasteiger partial charge in [-0.15, -0.1) is 0 Å². The normalized spacial score (nSPS) is 20.0. The number of fused-ring (bicyclic) bond motifs is 1. The summed E-state index contributed by atoms with van der Waals surface area (Å²) in [6, 6.07) is 13.0. The zero-order valence-electron chi connectivity index (χ0n) is 14.5. The molecule has 3 aromatic rings. The van der Waals surface area contributed by atoms with Crippen molar-refractivity contribution >= 4 is 22.7 Å². The minimum Gasteiger partial charge on any atom is -0.337 e. The number of aromatic nitrogens is 2. The van der Waals surface area contributed by atoms with Crippen LogP contribution >= 0.6 is 0 Å². The molecule has 4 rings (SSSR count). The Bertz CT molecular complexity index is 1010. The topological polar surface area (TPSA) is 88.3 Å². The van der Waals surface area contributed by atoms with Crippen molar-refractivity contribution in [3.05, 3.63) is 59.7 Å². The fourth-order valence-electron chi connectivity index (χ4n) is 3.32. The Morgan fingerprint density at radius 3 is 2.69 bits per heavy atom. The Balaban J connectivity index is 1.71. The summed E-state index contributed by atoms with van der Waals surface area (Å²) in [4.78, 5) is 30.9. The second-order valence-electron chi connectivity index (χ2n) is 6.43. The highest BCUT2D eigenvalue weighted by molar-refractivity contribution is 6.09. The molecule has 1 aromatic heterocycles. The van der Waals surface area contributed by atoms with Gasteiger partial charge in [0.25, 0.3) is 5.91 Å². The number of carbonyl (C=O) groups is 2. The van der Waals surface area contributed by atoms with Crippen molar-refractivity contribution in [3.63, 3.8) is 0 Å². The minimum atomic E-state index is -1.15. The number of nitrogens with zero attached hydrogens (tertiary/aromatic N) is 3. The van der Waals surface area contributed by atoms with Gasteiger partial charge in [0.2, 0.25) is 5.89 Å². The van der Waals surface area contributed by atoms with Gasteiger partial charge in [-0.3, -0.25) is 9.69 Å². The summed E-state index contributed by atoms with van der Waals surface area (Å²) in [5.74, 6) is 0.450. The van der Waals surface area contributed by atoms with Gasteiger partial charge >= 0.3 is 6.03 Å². The van der Waals surface area contributed by atoms with Crippen LogP contribution in [0.3, 0.4) is 0 Å². The predicted octanol–water partition coefficient (Wildman–Crippen LogP) is 2.75. The number of hydrogen-bond donors (Lipinski definition) is 1. The number of hydrogen-bond acceptors (Lipinski definition) is 5. The number of rotatable bonds is 4. The maximum absolute atomic E-state index is 13.1. The molecule has 2 aromatic carbocycles. The Kier molecular flexibility index (Phi) is 3.72. The molecule has 132 valence electrons. The van der Waals surface area contributed by atoms with E-state index in [9.17, 15) is 9.59 Å². The van der Waals surface area contributed by atoms with E-state index in [-0.39, 0.29) is 18.3 Å². The summed E-state index contributed by atoms with van der Waals surface area (Å²) in [5.41, 5.74) is -0.387. The van der Waals surface area contributed by atoms with Crippen LogP contribution in [0.5, 0.6) is 0 Å². The van der Waals surface area contributed by atoms with Crippen molar-refractivity contribution in [3.8, 4) is 0 Å². The van der Waals surface area contributed by atoms with Gasteiger partial charge in [-0.2, -0.15) is 4.98 Å². The number of aryl methyl sites for hydroxylation is 1. The highest BCUT2D eigenvalue weighted by Gasteiger charge is 2.50. The molecular weight excluding hydrogens is 332 g/mol. The zero-order chi connectivity index (χ0) is 18.3. The zero-order valence-corrected chi connectivity index (χ0v) is 14.5. The Labute approximate surface area is 150 Å². The van der Waals surface area contributed by atoms with E-state index in [2.05, 4.69) is 15.5 Å². The van der Waals surface area contributed by atoms with Gasteiger partial charge in [-0.25, -0.2) is 4.79 Å². The van der Waals surface area contributed by atoms with Crippen molar-refractivity contribution in [2.24, 2.45) is 0 Å². The van der Waals surface area contributed by atoms with E-state index < -0.39 is 11.6 Å². The number of imide groups is 1. The quantitative estimate of drug-likeness (QED) is 0.731. The second-order valence-corrected chi connectivity index (χ2v) is 6.43. The molecule has 0 spiro atoms. The van der Waals surface area contributed by atoms with Gasteiger partial charge in [0.1, 0.15) is 12.1 Å². The molecule has 7 heteroatoms. The van der Waals surface area contributed by atoms with E-state index >= 15 is 0 Å². The molecule has 1 aliphatic rings. The molecule has 1 N–H and O–H groups in total. The van der Waals surface area contributed by atoms with Gasteiger partial charge < -0.3 is 9.84 Å². The van der Waals surface area contributed by atoms with Crippen LogP contribution in [0.15, 0.2) is 47.0 Å². The highest BCUT2D eigenvalue weighted by atomic mass is 16.5. The fourth-order valence-corrected chi connectivity index (χ4v) is 3.32. The lowest BCUT2D eigenvalue weighted by atomic mass is 9.88. The van der Waals surface area contributed by atoms with E-state index in [1.54, 1.807) is 6.92 Å². The Morgan fingerprint density at radius 1 is 1.15 bits per heavy atom. The molecular formula is C19H18N4O3. The van der Waals surface area contributed by atoms with E-state index in [0.29, 0.717) is 12.2 Å². The van der Waals surface area contributed by atoms with Crippen LogP contribution in [0.4, 0.5) is 4.79 Å². The maximum Gasteiger partial charge on any atom is 0.325 e. The van der Waals surface area contributed by atoms with Gasteiger partial charge in [0.05, 0.1) is 0 Å². The number of benzene rings is 2.